The van der Waals surface area contributed by atoms with E-state index in [4.69, 9.17) is 4.52 Å². The van der Waals surface area contributed by atoms with E-state index < -0.39 is 15.7 Å². The lowest BCUT2D eigenvalue weighted by Crippen LogP contribution is -2.28. The summed E-state index contributed by atoms with van der Waals surface area (Å²) in [6.07, 6.45) is 13.5. The van der Waals surface area contributed by atoms with Gasteiger partial charge in [-0.05, 0) is 56.7 Å². The van der Waals surface area contributed by atoms with Gasteiger partial charge in [0.15, 0.2) is 0 Å². The summed E-state index contributed by atoms with van der Waals surface area (Å²) in [5, 5.41) is 2.14. The summed E-state index contributed by atoms with van der Waals surface area (Å²) in [7, 11) is -2.00. The fraction of sp³-hybridized carbons (Fsp3) is 0.429. The van der Waals surface area contributed by atoms with Gasteiger partial charge >= 0.3 is 5.69 Å². The van der Waals surface area contributed by atoms with Crippen LogP contribution in [0.25, 0.3) is 6.08 Å². The molecule has 8 heteroatoms. The van der Waals surface area contributed by atoms with E-state index in [1.54, 1.807) is 6.08 Å². The molecule has 2 N–H and O–H groups in total. The largest absolute Gasteiger partial charge is 0.377 e. The first kappa shape index (κ1) is 22.8. The minimum Gasteiger partial charge on any atom is -0.357 e. The summed E-state index contributed by atoms with van der Waals surface area (Å²) in [6, 6.07) is 0. The van der Waals surface area contributed by atoms with E-state index in [1.807, 2.05) is 44.2 Å². The molecule has 0 aliphatic heterocycles. The molecule has 0 saturated heterocycles. The molecule has 0 fully saturated rings. The Morgan fingerprint density at radius 2 is 1.97 bits per heavy atom. The van der Waals surface area contributed by atoms with Crippen LogP contribution >= 0.6 is 0 Å². The van der Waals surface area contributed by atoms with Gasteiger partial charge in [0.2, 0.25) is 10.0 Å². The zero-order chi connectivity index (χ0) is 21.7. The summed E-state index contributed by atoms with van der Waals surface area (Å²) >= 11 is 0. The van der Waals surface area contributed by atoms with Crippen molar-refractivity contribution in [2.45, 2.75) is 47.0 Å². The third-order valence-corrected chi connectivity index (χ3v) is 6.48. The highest BCUT2D eigenvalue weighted by atomic mass is 32.2. The van der Waals surface area contributed by atoms with E-state index in [1.165, 1.54) is 7.05 Å². The number of hydrogen-bond donors (Lipinski definition) is 2. The average Bonchev–Trinajstić information content (AvgIpc) is 3.04. The third-order valence-electron chi connectivity index (χ3n) is 4.87. The van der Waals surface area contributed by atoms with Crippen LogP contribution in [0.1, 0.15) is 52.8 Å². The molecule has 1 aromatic rings. The molecule has 1 aliphatic carbocycles. The zero-order valence-electron chi connectivity index (χ0n) is 17.6. The zero-order valence-corrected chi connectivity index (χ0v) is 18.4. The Hall–Kier alpha value is -2.45. The van der Waals surface area contributed by atoms with Crippen molar-refractivity contribution in [1.82, 2.24) is 14.9 Å². The highest BCUT2D eigenvalue weighted by Gasteiger charge is 2.33. The van der Waals surface area contributed by atoms with Gasteiger partial charge in [-0.15, -0.1) is 0 Å². The molecule has 158 valence electrons. The van der Waals surface area contributed by atoms with Gasteiger partial charge in [-0.3, -0.25) is 0 Å². The minimum absolute atomic E-state index is 0.197. The molecular weight excluding hydrogens is 390 g/mol. The predicted octanol–water partition coefficient (Wildman–Crippen LogP) is 3.84. The predicted molar refractivity (Wildman–Crippen MR) is 115 cm³/mol. The Balaban J connectivity index is 2.21. The number of aromatic amines is 1. The van der Waals surface area contributed by atoms with Gasteiger partial charge in [0.25, 0.3) is 5.89 Å². The normalized spacial score (nSPS) is 18.9. The van der Waals surface area contributed by atoms with Crippen molar-refractivity contribution in [1.29, 1.82) is 0 Å². The van der Waals surface area contributed by atoms with Crippen molar-refractivity contribution in [2.75, 3.05) is 7.05 Å². The number of nitrogens with zero attached hydrogens (tertiary/aromatic N) is 1. The first-order chi connectivity index (χ1) is 13.5. The van der Waals surface area contributed by atoms with E-state index in [9.17, 15) is 13.2 Å². The highest BCUT2D eigenvalue weighted by Crippen LogP contribution is 2.42. The molecule has 1 heterocycles. The van der Waals surface area contributed by atoms with Gasteiger partial charge in [0.1, 0.15) is 0 Å². The Morgan fingerprint density at radius 3 is 2.59 bits per heavy atom. The maximum absolute atomic E-state index is 12.4. The van der Waals surface area contributed by atoms with E-state index in [0.29, 0.717) is 11.3 Å². The van der Waals surface area contributed by atoms with Gasteiger partial charge in [0, 0.05) is 6.08 Å². The summed E-state index contributed by atoms with van der Waals surface area (Å²) in [4.78, 5) is 15.1. The molecule has 0 amide bonds. The Kier molecular flexibility index (Phi) is 7.37. The number of aromatic nitrogens is 2. The van der Waals surface area contributed by atoms with Gasteiger partial charge < -0.3 is 4.52 Å². The molecule has 0 saturated carbocycles. The number of hydrogen-bond acceptors (Lipinski definition) is 5. The molecule has 7 nitrogen and oxygen atoms in total. The summed E-state index contributed by atoms with van der Waals surface area (Å²) in [5.74, 6) is 0.225. The van der Waals surface area contributed by atoms with Crippen LogP contribution in [0, 0.1) is 5.41 Å². The topological polar surface area (TPSA) is 105 Å². The Labute approximate surface area is 172 Å². The molecule has 2 rings (SSSR count). The van der Waals surface area contributed by atoms with Crippen LogP contribution in [-0.4, -0.2) is 25.6 Å². The number of H-pyrrole nitrogens is 1. The van der Waals surface area contributed by atoms with Crippen molar-refractivity contribution >= 4 is 16.1 Å². The van der Waals surface area contributed by atoms with Crippen LogP contribution in [0.5, 0.6) is 0 Å². The van der Waals surface area contributed by atoms with Crippen LogP contribution in [-0.2, 0) is 10.0 Å². The Bertz CT molecular complexity index is 1050. The molecule has 0 aromatic carbocycles. The molecule has 0 atom stereocenters. The molecule has 0 radical (unpaired) electrons. The maximum atomic E-state index is 12.4. The maximum Gasteiger partial charge on any atom is 0.377 e. The van der Waals surface area contributed by atoms with Crippen molar-refractivity contribution in [3.8, 4) is 0 Å². The lowest BCUT2D eigenvalue weighted by Gasteiger charge is -2.33. The van der Waals surface area contributed by atoms with Crippen molar-refractivity contribution < 1.29 is 12.9 Å². The lowest BCUT2D eigenvalue weighted by molar-refractivity contribution is 0.381. The van der Waals surface area contributed by atoms with Crippen LogP contribution in [0.4, 0.5) is 0 Å². The first-order valence-electron chi connectivity index (χ1n) is 9.49. The van der Waals surface area contributed by atoms with Crippen LogP contribution in [0.15, 0.2) is 61.3 Å². The van der Waals surface area contributed by atoms with Crippen LogP contribution < -0.4 is 10.4 Å². The van der Waals surface area contributed by atoms with E-state index in [0.717, 1.165) is 29.6 Å². The number of sulfonamides is 1. The average molecular weight is 420 g/mol. The fourth-order valence-electron chi connectivity index (χ4n) is 3.23. The molecule has 0 spiro atoms. The number of rotatable bonds is 7. The third kappa shape index (κ3) is 6.27. The van der Waals surface area contributed by atoms with Crippen molar-refractivity contribution in [3.05, 3.63) is 68.4 Å². The monoisotopic (exact) mass is 419 g/mol. The van der Waals surface area contributed by atoms with E-state index in [2.05, 4.69) is 28.7 Å². The molecule has 0 bridgehead atoms. The molecule has 0 unspecified atom stereocenters. The van der Waals surface area contributed by atoms with Crippen molar-refractivity contribution in [3.63, 3.8) is 0 Å². The number of nitrogens with one attached hydrogen (secondary N) is 2. The summed E-state index contributed by atoms with van der Waals surface area (Å²) in [6.45, 7) is 7.98. The van der Waals surface area contributed by atoms with Crippen LogP contribution in [0.3, 0.4) is 0 Å². The second-order valence-corrected chi connectivity index (χ2v) is 9.64. The van der Waals surface area contributed by atoms with Gasteiger partial charge in [0.05, 0.1) is 4.91 Å². The van der Waals surface area contributed by atoms with Crippen molar-refractivity contribution in [2.24, 2.45) is 5.41 Å². The van der Waals surface area contributed by atoms with Gasteiger partial charge in [-0.25, -0.2) is 17.9 Å². The number of allylic oxidation sites excluding steroid dienone is 9. The van der Waals surface area contributed by atoms with E-state index in [-0.39, 0.29) is 11.3 Å². The standard InChI is InChI=1S/C21H29N3O4S/c1-15(8-6-9-16(2)14-19-23-20(25)24-28-19)11-12-17-18(29(26,27)22-5)10-7-13-21(17,3)4/h6,8-9,11-12,14,22H,7,10,13H2,1-5H3,(H,24,25)/b9-6+,12-11+,15-8+,16-14+. The molecule has 29 heavy (non-hydrogen) atoms. The van der Waals surface area contributed by atoms with E-state index >= 15 is 0 Å². The summed E-state index contributed by atoms with van der Waals surface area (Å²) < 4.78 is 32.2. The molecule has 1 aliphatic rings. The fourth-order valence-corrected chi connectivity index (χ4v) is 4.52. The molecular formula is C21H29N3O4S. The second-order valence-electron chi connectivity index (χ2n) is 7.73. The van der Waals surface area contributed by atoms with Crippen LogP contribution in [0.2, 0.25) is 0 Å². The quantitative estimate of drug-likeness (QED) is 0.653. The minimum atomic E-state index is -3.45. The Morgan fingerprint density at radius 1 is 1.24 bits per heavy atom. The van der Waals surface area contributed by atoms with Gasteiger partial charge in [-0.1, -0.05) is 49.8 Å². The highest BCUT2D eigenvalue weighted by molar-refractivity contribution is 7.93. The SMILES string of the molecule is CNS(=O)(=O)C1=C(/C=C/C(C)=C/C=C/C(C)=C/c2nc(=O)[nH]o2)C(C)(C)CCC1. The molecule has 1 aromatic heterocycles. The second kappa shape index (κ2) is 9.37. The lowest BCUT2D eigenvalue weighted by atomic mass is 9.75. The smallest absolute Gasteiger partial charge is 0.357 e. The van der Waals surface area contributed by atoms with Gasteiger partial charge in [-0.2, -0.15) is 10.1 Å². The summed E-state index contributed by atoms with van der Waals surface area (Å²) in [5.41, 5.74) is 1.99. The first-order valence-corrected chi connectivity index (χ1v) is 11.0.